The molecule has 1 aromatic carbocycles. The van der Waals surface area contributed by atoms with Gasteiger partial charge in [0.15, 0.2) is 0 Å². The van der Waals surface area contributed by atoms with Crippen molar-refractivity contribution in [2.75, 3.05) is 13.7 Å². The van der Waals surface area contributed by atoms with E-state index in [0.29, 0.717) is 0 Å². The summed E-state index contributed by atoms with van der Waals surface area (Å²) >= 11 is 5.34. The largest absolute Gasteiger partial charge is 0.496 e. The van der Waals surface area contributed by atoms with Crippen molar-refractivity contribution in [3.05, 3.63) is 49.6 Å². The highest BCUT2D eigenvalue weighted by Gasteiger charge is 2.18. The molecule has 2 aromatic rings. The summed E-state index contributed by atoms with van der Waals surface area (Å²) in [5, 5.41) is 5.64. The maximum atomic E-state index is 5.31. The van der Waals surface area contributed by atoms with E-state index in [-0.39, 0.29) is 6.04 Å². The summed E-state index contributed by atoms with van der Waals surface area (Å²) in [6.45, 7) is 7.36. The Morgan fingerprint density at radius 2 is 2.00 bits per heavy atom. The van der Waals surface area contributed by atoms with Crippen LogP contribution in [0.3, 0.4) is 0 Å². The minimum Gasteiger partial charge on any atom is -0.496 e. The van der Waals surface area contributed by atoms with Gasteiger partial charge in [0.25, 0.3) is 0 Å². The Kier molecular flexibility index (Phi) is 5.24. The van der Waals surface area contributed by atoms with Gasteiger partial charge in [0.2, 0.25) is 0 Å². The number of methoxy groups -OCH3 is 1. The molecule has 0 bridgehead atoms. The molecule has 1 atom stereocenters. The topological polar surface area (TPSA) is 21.3 Å². The molecule has 1 aromatic heterocycles. The summed E-state index contributed by atoms with van der Waals surface area (Å²) < 4.78 is 6.47. The molecule has 20 heavy (non-hydrogen) atoms. The van der Waals surface area contributed by atoms with E-state index in [9.17, 15) is 0 Å². The van der Waals surface area contributed by atoms with E-state index in [1.54, 1.807) is 18.4 Å². The van der Waals surface area contributed by atoms with E-state index in [0.717, 1.165) is 16.8 Å². The molecule has 108 valence electrons. The van der Waals surface area contributed by atoms with Crippen LogP contribution < -0.4 is 10.1 Å². The van der Waals surface area contributed by atoms with Crippen LogP contribution in [0.15, 0.2) is 28.1 Å². The zero-order chi connectivity index (χ0) is 14.7. The van der Waals surface area contributed by atoms with Gasteiger partial charge in [0.05, 0.1) is 13.2 Å². The van der Waals surface area contributed by atoms with Crippen LogP contribution in [0.5, 0.6) is 5.75 Å². The van der Waals surface area contributed by atoms with Gasteiger partial charge in [-0.25, -0.2) is 0 Å². The first-order valence-electron chi connectivity index (χ1n) is 6.69. The van der Waals surface area contributed by atoms with Crippen LogP contribution in [-0.4, -0.2) is 13.7 Å². The van der Waals surface area contributed by atoms with Crippen molar-refractivity contribution in [3.63, 3.8) is 0 Å². The maximum Gasteiger partial charge on any atom is 0.129 e. The lowest BCUT2D eigenvalue weighted by Crippen LogP contribution is -2.22. The number of thiophene rings is 1. The molecule has 0 radical (unpaired) electrons. The highest BCUT2D eigenvalue weighted by Crippen LogP contribution is 2.34. The average molecular weight is 354 g/mol. The van der Waals surface area contributed by atoms with E-state index in [1.165, 1.54) is 21.6 Å². The Balaban J connectivity index is 2.45. The predicted octanol–water partition coefficient (Wildman–Crippen LogP) is 4.83. The fourth-order valence-corrected chi connectivity index (χ4v) is 3.68. The molecule has 0 saturated heterocycles. The Morgan fingerprint density at radius 3 is 2.60 bits per heavy atom. The molecule has 0 spiro atoms. The Morgan fingerprint density at radius 1 is 1.25 bits per heavy atom. The van der Waals surface area contributed by atoms with Gasteiger partial charge in [-0.1, -0.05) is 28.9 Å². The third kappa shape index (κ3) is 3.25. The fraction of sp³-hybridized carbons (Fsp3) is 0.375. The van der Waals surface area contributed by atoms with Gasteiger partial charge in [0.1, 0.15) is 5.75 Å². The summed E-state index contributed by atoms with van der Waals surface area (Å²) in [4.78, 5) is 1.29. The maximum absolute atomic E-state index is 5.31. The van der Waals surface area contributed by atoms with Crippen molar-refractivity contribution in [2.24, 2.45) is 0 Å². The molecule has 0 aliphatic heterocycles. The molecule has 1 N–H and O–H groups in total. The van der Waals surface area contributed by atoms with Crippen molar-refractivity contribution in [3.8, 4) is 5.75 Å². The second-order valence-electron chi connectivity index (χ2n) is 4.84. The van der Waals surface area contributed by atoms with Gasteiger partial charge >= 0.3 is 0 Å². The number of hydrogen-bond acceptors (Lipinski definition) is 3. The Labute approximate surface area is 133 Å². The number of benzene rings is 1. The molecule has 0 fully saturated rings. The third-order valence-corrected chi connectivity index (χ3v) is 5.21. The van der Waals surface area contributed by atoms with Gasteiger partial charge in [-0.15, -0.1) is 11.3 Å². The smallest absolute Gasteiger partial charge is 0.129 e. The van der Waals surface area contributed by atoms with E-state index in [2.05, 4.69) is 65.6 Å². The summed E-state index contributed by atoms with van der Waals surface area (Å²) in [5.74, 6) is 0.930. The molecule has 0 amide bonds. The minimum absolute atomic E-state index is 0.223. The minimum atomic E-state index is 0.223. The van der Waals surface area contributed by atoms with Gasteiger partial charge in [-0.05, 0) is 49.2 Å². The molecular formula is C16H20BrNOS. The number of rotatable bonds is 5. The summed E-state index contributed by atoms with van der Waals surface area (Å²) in [7, 11) is 1.71. The van der Waals surface area contributed by atoms with Crippen molar-refractivity contribution in [2.45, 2.75) is 26.8 Å². The second-order valence-corrected chi connectivity index (χ2v) is 6.63. The van der Waals surface area contributed by atoms with E-state index >= 15 is 0 Å². The first-order valence-corrected chi connectivity index (χ1v) is 8.36. The normalized spacial score (nSPS) is 12.4. The zero-order valence-corrected chi connectivity index (χ0v) is 14.7. The van der Waals surface area contributed by atoms with Crippen LogP contribution >= 0.6 is 27.3 Å². The van der Waals surface area contributed by atoms with Crippen molar-refractivity contribution in [1.82, 2.24) is 5.32 Å². The molecular weight excluding hydrogens is 334 g/mol. The number of halogens is 1. The second kappa shape index (κ2) is 6.74. The summed E-state index contributed by atoms with van der Waals surface area (Å²) in [6.07, 6.45) is 0. The molecule has 0 saturated carbocycles. The van der Waals surface area contributed by atoms with Crippen LogP contribution in [0.2, 0.25) is 0 Å². The predicted molar refractivity (Wildman–Crippen MR) is 90.0 cm³/mol. The highest BCUT2D eigenvalue weighted by molar-refractivity contribution is 9.10. The first-order chi connectivity index (χ1) is 9.56. The number of ether oxygens (including phenoxy) is 1. The monoisotopic (exact) mass is 353 g/mol. The fourth-order valence-electron chi connectivity index (χ4n) is 2.28. The molecule has 0 aliphatic rings. The van der Waals surface area contributed by atoms with E-state index < -0.39 is 0 Å². The van der Waals surface area contributed by atoms with Crippen molar-refractivity contribution >= 4 is 27.3 Å². The number of nitrogens with one attached hydrogen (secondary N) is 1. The average Bonchev–Trinajstić information content (AvgIpc) is 2.89. The lowest BCUT2D eigenvalue weighted by molar-refractivity contribution is 0.416. The van der Waals surface area contributed by atoms with Gasteiger partial charge in [0, 0.05) is 14.7 Å². The molecule has 1 heterocycles. The SMILES string of the molecule is CCNC(c1cc(OC)cs1)c1cc(C)c(Br)cc1C. The van der Waals surface area contributed by atoms with Crippen molar-refractivity contribution in [1.29, 1.82) is 0 Å². The van der Waals surface area contributed by atoms with Crippen molar-refractivity contribution < 1.29 is 4.74 Å². The molecule has 1 unspecified atom stereocenters. The molecule has 2 nitrogen and oxygen atoms in total. The number of hydrogen-bond donors (Lipinski definition) is 1. The molecule has 4 heteroatoms. The van der Waals surface area contributed by atoms with E-state index in [1.807, 2.05) is 0 Å². The van der Waals surface area contributed by atoms with Gasteiger partial charge in [-0.3, -0.25) is 0 Å². The van der Waals surface area contributed by atoms with Crippen LogP contribution in [0.4, 0.5) is 0 Å². The lowest BCUT2D eigenvalue weighted by Gasteiger charge is -2.20. The first kappa shape index (κ1) is 15.5. The van der Waals surface area contributed by atoms with Crippen LogP contribution in [0, 0.1) is 13.8 Å². The highest BCUT2D eigenvalue weighted by atomic mass is 79.9. The van der Waals surface area contributed by atoms with Crippen LogP contribution in [0.25, 0.3) is 0 Å². The lowest BCUT2D eigenvalue weighted by atomic mass is 9.97. The van der Waals surface area contributed by atoms with Gasteiger partial charge in [-0.2, -0.15) is 0 Å². The quantitative estimate of drug-likeness (QED) is 0.830. The van der Waals surface area contributed by atoms with Crippen LogP contribution in [0.1, 0.15) is 34.5 Å². The summed E-state index contributed by atoms with van der Waals surface area (Å²) in [6, 6.07) is 6.80. The summed E-state index contributed by atoms with van der Waals surface area (Å²) in [5.41, 5.74) is 3.88. The Bertz CT molecular complexity index is 594. The standard InChI is InChI=1S/C16H20BrNOS/c1-5-18-16(15-8-12(19-4)9-20-15)13-6-11(3)14(17)7-10(13)2/h6-9,16,18H,5H2,1-4H3. The van der Waals surface area contributed by atoms with Gasteiger partial charge < -0.3 is 10.1 Å². The third-order valence-electron chi connectivity index (χ3n) is 3.38. The van der Waals surface area contributed by atoms with E-state index in [4.69, 9.17) is 4.74 Å². The number of aryl methyl sites for hydroxylation is 2. The zero-order valence-electron chi connectivity index (χ0n) is 12.3. The Hall–Kier alpha value is -0.840. The molecule has 0 aliphatic carbocycles. The molecule has 2 rings (SSSR count). The van der Waals surface area contributed by atoms with Crippen LogP contribution in [-0.2, 0) is 0 Å².